The van der Waals surface area contributed by atoms with Crippen molar-refractivity contribution in [2.75, 3.05) is 0 Å². The summed E-state index contributed by atoms with van der Waals surface area (Å²) in [6.45, 7) is 1.44. The molecule has 0 radical (unpaired) electrons. The molecule has 1 aromatic rings. The Balaban J connectivity index is 2.89. The average molecular weight is 252 g/mol. The number of alkyl halides is 1. The molecular weight excluding hydrogens is 246 g/mol. The maximum Gasteiger partial charge on any atom is 0.141 e. The van der Waals surface area contributed by atoms with E-state index in [1.807, 2.05) is 22.6 Å². The van der Waals surface area contributed by atoms with Crippen LogP contribution in [0.3, 0.4) is 0 Å². The summed E-state index contributed by atoms with van der Waals surface area (Å²) in [7, 11) is 0. The Hall–Kier alpha value is -0.260. The van der Waals surface area contributed by atoms with E-state index in [4.69, 9.17) is 0 Å². The first-order valence-corrected chi connectivity index (χ1v) is 3.89. The largest absolute Gasteiger partial charge is 0.254 e. The number of hydrogen-bond donors (Lipinski definition) is 0. The Labute approximate surface area is 72.0 Å². The van der Waals surface area contributed by atoms with Crippen molar-refractivity contribution in [1.82, 2.24) is 9.97 Å². The predicted molar refractivity (Wildman–Crippen MR) is 44.3 cm³/mol. The second-order valence-electron chi connectivity index (χ2n) is 1.88. The Morgan fingerprint density at radius 1 is 1.50 bits per heavy atom. The highest BCUT2D eigenvalue weighted by Gasteiger charge is 2.02. The van der Waals surface area contributed by atoms with Crippen molar-refractivity contribution in [3.8, 4) is 0 Å². The van der Waals surface area contributed by atoms with Gasteiger partial charge in [-0.25, -0.2) is 9.37 Å². The normalized spacial score (nSPS) is 13.1. The molecule has 0 fully saturated rings. The van der Waals surface area contributed by atoms with Crippen LogP contribution in [0, 0.1) is 3.70 Å². The monoisotopic (exact) mass is 252 g/mol. The minimum Gasteiger partial charge on any atom is -0.254 e. The molecule has 0 aliphatic heterocycles. The van der Waals surface area contributed by atoms with Gasteiger partial charge in [0.15, 0.2) is 0 Å². The first kappa shape index (κ1) is 7.84. The fraction of sp³-hybridized carbons (Fsp3) is 0.333. The summed E-state index contributed by atoms with van der Waals surface area (Å²) in [6.07, 6.45) is 1.97. The van der Waals surface area contributed by atoms with Crippen LogP contribution in [0.5, 0.6) is 0 Å². The van der Waals surface area contributed by atoms with Crippen molar-refractivity contribution in [3.63, 3.8) is 0 Å². The third-order valence-electron chi connectivity index (χ3n) is 1.05. The van der Waals surface area contributed by atoms with E-state index in [1.165, 1.54) is 13.1 Å². The minimum absolute atomic E-state index is 0.389. The molecule has 1 atom stereocenters. The molecule has 10 heavy (non-hydrogen) atoms. The van der Waals surface area contributed by atoms with Gasteiger partial charge in [0, 0.05) is 0 Å². The Morgan fingerprint density at radius 2 is 2.20 bits per heavy atom. The van der Waals surface area contributed by atoms with E-state index in [2.05, 4.69) is 9.97 Å². The van der Waals surface area contributed by atoms with Crippen LogP contribution in [0.2, 0.25) is 0 Å². The molecule has 0 aliphatic rings. The lowest BCUT2D eigenvalue weighted by atomic mass is 10.3. The maximum atomic E-state index is 12.5. The van der Waals surface area contributed by atoms with Crippen LogP contribution in [0.1, 0.15) is 18.8 Å². The molecule has 0 aromatic carbocycles. The van der Waals surface area contributed by atoms with Gasteiger partial charge in [0.05, 0.1) is 18.1 Å². The van der Waals surface area contributed by atoms with Gasteiger partial charge in [0.1, 0.15) is 9.87 Å². The predicted octanol–water partition coefficient (Wildman–Crippen LogP) is 2.11. The zero-order valence-corrected chi connectivity index (χ0v) is 7.54. The van der Waals surface area contributed by atoms with Crippen molar-refractivity contribution in [1.29, 1.82) is 0 Å². The van der Waals surface area contributed by atoms with Crippen LogP contribution < -0.4 is 0 Å². The number of hydrogen-bond acceptors (Lipinski definition) is 2. The SMILES string of the molecule is C[C@H](F)c1cnc(I)cn1. The molecule has 0 saturated carbocycles. The van der Waals surface area contributed by atoms with E-state index >= 15 is 0 Å². The Bertz CT molecular complexity index is 209. The highest BCUT2D eigenvalue weighted by Crippen LogP contribution is 2.11. The Morgan fingerprint density at radius 3 is 2.60 bits per heavy atom. The van der Waals surface area contributed by atoms with E-state index in [-0.39, 0.29) is 0 Å². The fourth-order valence-corrected chi connectivity index (χ4v) is 0.806. The molecule has 0 aliphatic carbocycles. The van der Waals surface area contributed by atoms with E-state index in [9.17, 15) is 4.39 Å². The first-order chi connectivity index (χ1) is 4.70. The number of aromatic nitrogens is 2. The zero-order chi connectivity index (χ0) is 7.56. The molecule has 0 N–H and O–H groups in total. The van der Waals surface area contributed by atoms with E-state index in [0.717, 1.165) is 3.70 Å². The lowest BCUT2D eigenvalue weighted by molar-refractivity contribution is 0.364. The van der Waals surface area contributed by atoms with Crippen molar-refractivity contribution in [2.24, 2.45) is 0 Å². The van der Waals surface area contributed by atoms with Gasteiger partial charge in [-0.1, -0.05) is 0 Å². The topological polar surface area (TPSA) is 25.8 Å². The molecule has 2 nitrogen and oxygen atoms in total. The molecule has 4 heteroatoms. The molecule has 0 spiro atoms. The van der Waals surface area contributed by atoms with Crippen LogP contribution in [0.15, 0.2) is 12.4 Å². The van der Waals surface area contributed by atoms with Gasteiger partial charge in [-0.2, -0.15) is 0 Å². The van der Waals surface area contributed by atoms with Gasteiger partial charge < -0.3 is 0 Å². The van der Waals surface area contributed by atoms with Crippen LogP contribution in [-0.4, -0.2) is 9.97 Å². The van der Waals surface area contributed by atoms with Crippen LogP contribution in [-0.2, 0) is 0 Å². The molecule has 0 amide bonds. The summed E-state index contributed by atoms with van der Waals surface area (Å²) in [4.78, 5) is 7.72. The quantitative estimate of drug-likeness (QED) is 0.715. The molecular formula is C6H6FIN2. The summed E-state index contributed by atoms with van der Waals surface area (Å²) in [5, 5.41) is 0. The standard InChI is InChI=1S/C6H6FIN2/c1-4(7)5-2-10-6(8)3-9-5/h2-4H,1H3/t4-/m0/s1. The number of rotatable bonds is 1. The molecule has 0 unspecified atom stereocenters. The van der Waals surface area contributed by atoms with E-state index in [1.54, 1.807) is 6.20 Å². The summed E-state index contributed by atoms with van der Waals surface area (Å²) in [6, 6.07) is 0. The summed E-state index contributed by atoms with van der Waals surface area (Å²) >= 11 is 2.02. The van der Waals surface area contributed by atoms with Crippen molar-refractivity contribution >= 4 is 22.6 Å². The highest BCUT2D eigenvalue weighted by atomic mass is 127. The van der Waals surface area contributed by atoms with Crippen LogP contribution in [0.25, 0.3) is 0 Å². The van der Waals surface area contributed by atoms with Gasteiger partial charge in [-0.3, -0.25) is 4.98 Å². The number of halogens is 2. The van der Waals surface area contributed by atoms with Crippen molar-refractivity contribution in [2.45, 2.75) is 13.1 Å². The van der Waals surface area contributed by atoms with Gasteiger partial charge >= 0.3 is 0 Å². The fourth-order valence-electron chi connectivity index (χ4n) is 0.528. The third kappa shape index (κ3) is 1.86. The summed E-state index contributed by atoms with van der Waals surface area (Å²) in [5.41, 5.74) is 0.389. The van der Waals surface area contributed by atoms with Gasteiger partial charge in [-0.15, -0.1) is 0 Å². The van der Waals surface area contributed by atoms with Crippen molar-refractivity contribution < 1.29 is 4.39 Å². The van der Waals surface area contributed by atoms with Crippen LogP contribution >= 0.6 is 22.6 Å². The molecule has 1 aromatic heterocycles. The molecule has 54 valence electrons. The van der Waals surface area contributed by atoms with Gasteiger partial charge in [0.2, 0.25) is 0 Å². The highest BCUT2D eigenvalue weighted by molar-refractivity contribution is 14.1. The molecule has 0 saturated heterocycles. The van der Waals surface area contributed by atoms with Gasteiger partial charge in [-0.05, 0) is 29.5 Å². The molecule has 1 heterocycles. The molecule has 0 bridgehead atoms. The van der Waals surface area contributed by atoms with Crippen LogP contribution in [0.4, 0.5) is 4.39 Å². The van der Waals surface area contributed by atoms with E-state index < -0.39 is 6.17 Å². The maximum absolute atomic E-state index is 12.5. The summed E-state index contributed by atoms with van der Waals surface area (Å²) < 4.78 is 13.2. The Kier molecular flexibility index (Phi) is 2.53. The van der Waals surface area contributed by atoms with Crippen molar-refractivity contribution in [3.05, 3.63) is 21.8 Å². The second-order valence-corrected chi connectivity index (χ2v) is 2.99. The zero-order valence-electron chi connectivity index (χ0n) is 5.38. The minimum atomic E-state index is -1.02. The second kappa shape index (κ2) is 3.23. The lowest BCUT2D eigenvalue weighted by Crippen LogP contribution is -1.92. The third-order valence-corrected chi connectivity index (χ3v) is 1.60. The first-order valence-electron chi connectivity index (χ1n) is 2.81. The average Bonchev–Trinajstić information content (AvgIpc) is 1.88. The van der Waals surface area contributed by atoms with Gasteiger partial charge in [0.25, 0.3) is 0 Å². The summed E-state index contributed by atoms with van der Waals surface area (Å²) in [5.74, 6) is 0. The molecule has 1 rings (SSSR count). The number of nitrogens with zero attached hydrogens (tertiary/aromatic N) is 2. The smallest absolute Gasteiger partial charge is 0.141 e. The lowest BCUT2D eigenvalue weighted by Gasteiger charge is -1.97. The van der Waals surface area contributed by atoms with E-state index in [0.29, 0.717) is 5.69 Å².